The lowest BCUT2D eigenvalue weighted by molar-refractivity contribution is -0.137. The van der Waals surface area contributed by atoms with Gasteiger partial charge >= 0.3 is 5.97 Å². The third kappa shape index (κ3) is 9.03. The maximum absolute atomic E-state index is 11.7. The Morgan fingerprint density at radius 1 is 1.03 bits per heavy atom. The molecule has 0 fully saturated rings. The van der Waals surface area contributed by atoms with Gasteiger partial charge < -0.3 is 14.8 Å². The van der Waals surface area contributed by atoms with Crippen LogP contribution in [-0.4, -0.2) is 30.2 Å². The van der Waals surface area contributed by atoms with Crippen LogP contribution in [0.15, 0.2) is 66.7 Å². The number of amides is 1. The molecule has 0 aliphatic rings. The van der Waals surface area contributed by atoms with E-state index in [9.17, 15) is 9.59 Å². The monoisotopic (exact) mass is 412 g/mol. The Hall–Kier alpha value is -3.19. The number of hydrogen-bond donors (Lipinski definition) is 2. The second-order valence-electron chi connectivity index (χ2n) is 5.99. The SMILES string of the molecule is CCOC(=O)/C=C/C(=O)NC(=S)Nc1ccc(OCCCc2ccccc2)cc1. The van der Waals surface area contributed by atoms with Gasteiger partial charge in [0.1, 0.15) is 5.75 Å². The quantitative estimate of drug-likeness (QED) is 0.283. The molecule has 2 aromatic rings. The topological polar surface area (TPSA) is 76.7 Å². The highest BCUT2D eigenvalue weighted by molar-refractivity contribution is 7.80. The van der Waals surface area contributed by atoms with Crippen molar-refractivity contribution in [3.05, 3.63) is 72.3 Å². The third-order valence-electron chi connectivity index (χ3n) is 3.73. The van der Waals surface area contributed by atoms with Gasteiger partial charge in [-0.1, -0.05) is 30.3 Å². The molecule has 0 spiro atoms. The van der Waals surface area contributed by atoms with E-state index in [4.69, 9.17) is 21.7 Å². The Morgan fingerprint density at radius 3 is 2.45 bits per heavy atom. The molecule has 0 aromatic heterocycles. The van der Waals surface area contributed by atoms with Gasteiger partial charge in [0.15, 0.2) is 5.11 Å². The highest BCUT2D eigenvalue weighted by Gasteiger charge is 2.04. The van der Waals surface area contributed by atoms with Gasteiger partial charge in [-0.15, -0.1) is 0 Å². The minimum atomic E-state index is -0.583. The van der Waals surface area contributed by atoms with Gasteiger partial charge in [-0.05, 0) is 61.8 Å². The number of thiocarbonyl (C=S) groups is 1. The van der Waals surface area contributed by atoms with Crippen LogP contribution in [0.25, 0.3) is 0 Å². The van der Waals surface area contributed by atoms with E-state index in [0.717, 1.165) is 30.7 Å². The first-order valence-electron chi connectivity index (χ1n) is 9.30. The van der Waals surface area contributed by atoms with Crippen LogP contribution >= 0.6 is 12.2 Å². The molecular formula is C22H24N2O4S. The number of ether oxygens (including phenoxy) is 2. The molecule has 0 aliphatic heterocycles. The van der Waals surface area contributed by atoms with E-state index in [1.807, 2.05) is 30.3 Å². The van der Waals surface area contributed by atoms with Crippen molar-refractivity contribution in [1.82, 2.24) is 5.32 Å². The summed E-state index contributed by atoms with van der Waals surface area (Å²) in [5.74, 6) is -0.342. The van der Waals surface area contributed by atoms with Gasteiger partial charge in [0.05, 0.1) is 13.2 Å². The summed E-state index contributed by atoms with van der Waals surface area (Å²) >= 11 is 5.08. The Balaban J connectivity index is 1.70. The first-order chi connectivity index (χ1) is 14.1. The Labute approximate surface area is 175 Å². The summed E-state index contributed by atoms with van der Waals surface area (Å²) in [7, 11) is 0. The molecule has 2 N–H and O–H groups in total. The van der Waals surface area contributed by atoms with Gasteiger partial charge in [0.25, 0.3) is 0 Å². The number of aryl methyl sites for hydroxylation is 1. The van der Waals surface area contributed by atoms with Crippen LogP contribution in [0.3, 0.4) is 0 Å². The van der Waals surface area contributed by atoms with Crippen molar-refractivity contribution in [1.29, 1.82) is 0 Å². The van der Waals surface area contributed by atoms with Crippen molar-refractivity contribution in [2.24, 2.45) is 0 Å². The summed E-state index contributed by atoms with van der Waals surface area (Å²) in [6, 6.07) is 17.6. The number of esters is 1. The summed E-state index contributed by atoms with van der Waals surface area (Å²) in [5, 5.41) is 5.47. The number of carbonyl (C=O) groups excluding carboxylic acids is 2. The summed E-state index contributed by atoms with van der Waals surface area (Å²) < 4.78 is 10.4. The molecule has 0 atom stereocenters. The van der Waals surface area contributed by atoms with Crippen LogP contribution < -0.4 is 15.4 Å². The molecule has 2 aromatic carbocycles. The van der Waals surface area contributed by atoms with E-state index in [-0.39, 0.29) is 11.7 Å². The zero-order valence-corrected chi connectivity index (χ0v) is 17.0. The molecule has 152 valence electrons. The van der Waals surface area contributed by atoms with E-state index in [1.165, 1.54) is 5.56 Å². The smallest absolute Gasteiger partial charge is 0.330 e. The second-order valence-corrected chi connectivity index (χ2v) is 6.40. The molecule has 0 radical (unpaired) electrons. The molecule has 0 unspecified atom stereocenters. The lowest BCUT2D eigenvalue weighted by Crippen LogP contribution is -2.32. The lowest BCUT2D eigenvalue weighted by atomic mass is 10.1. The molecule has 0 bridgehead atoms. The largest absolute Gasteiger partial charge is 0.494 e. The molecular weight excluding hydrogens is 388 g/mol. The first kappa shape index (κ1) is 22.1. The van der Waals surface area contributed by atoms with Crippen molar-refractivity contribution >= 4 is 34.9 Å². The predicted molar refractivity (Wildman–Crippen MR) is 117 cm³/mol. The van der Waals surface area contributed by atoms with Gasteiger partial charge in [-0.25, -0.2) is 4.79 Å². The summed E-state index contributed by atoms with van der Waals surface area (Å²) in [5.41, 5.74) is 2.00. The van der Waals surface area contributed by atoms with Crippen molar-refractivity contribution < 1.29 is 19.1 Å². The van der Waals surface area contributed by atoms with E-state index < -0.39 is 11.9 Å². The Kier molecular flexibility index (Phi) is 9.38. The maximum atomic E-state index is 11.7. The van der Waals surface area contributed by atoms with Crippen LogP contribution in [-0.2, 0) is 20.7 Å². The van der Waals surface area contributed by atoms with Gasteiger partial charge in [-0.3, -0.25) is 10.1 Å². The number of rotatable bonds is 9. The predicted octanol–water partition coefficient (Wildman–Crippen LogP) is 3.63. The van der Waals surface area contributed by atoms with Crippen molar-refractivity contribution in [2.45, 2.75) is 19.8 Å². The number of nitrogens with one attached hydrogen (secondary N) is 2. The van der Waals surface area contributed by atoms with E-state index >= 15 is 0 Å². The second kappa shape index (κ2) is 12.3. The summed E-state index contributed by atoms with van der Waals surface area (Å²) in [6.07, 6.45) is 4.02. The van der Waals surface area contributed by atoms with Crippen LogP contribution in [0.2, 0.25) is 0 Å². The van der Waals surface area contributed by atoms with E-state index in [2.05, 4.69) is 22.8 Å². The minimum Gasteiger partial charge on any atom is -0.494 e. The summed E-state index contributed by atoms with van der Waals surface area (Å²) in [6.45, 7) is 2.56. The molecule has 6 nitrogen and oxygen atoms in total. The maximum Gasteiger partial charge on any atom is 0.330 e. The Morgan fingerprint density at radius 2 is 1.76 bits per heavy atom. The highest BCUT2D eigenvalue weighted by Crippen LogP contribution is 2.16. The Bertz CT molecular complexity index is 836. The molecule has 1 amide bonds. The first-order valence-corrected chi connectivity index (χ1v) is 9.71. The third-order valence-corrected chi connectivity index (χ3v) is 3.93. The number of anilines is 1. The molecule has 0 saturated carbocycles. The van der Waals surface area contributed by atoms with E-state index in [1.54, 1.807) is 19.1 Å². The zero-order chi connectivity index (χ0) is 20.9. The zero-order valence-electron chi connectivity index (χ0n) is 16.2. The molecule has 7 heteroatoms. The van der Waals surface area contributed by atoms with Gasteiger partial charge in [0.2, 0.25) is 5.91 Å². The van der Waals surface area contributed by atoms with Gasteiger partial charge in [-0.2, -0.15) is 0 Å². The molecule has 29 heavy (non-hydrogen) atoms. The number of carbonyl (C=O) groups is 2. The van der Waals surface area contributed by atoms with Gasteiger partial charge in [0, 0.05) is 17.8 Å². The normalized spacial score (nSPS) is 10.4. The highest BCUT2D eigenvalue weighted by atomic mass is 32.1. The lowest BCUT2D eigenvalue weighted by Gasteiger charge is -2.10. The van der Waals surface area contributed by atoms with Crippen LogP contribution in [0.4, 0.5) is 5.69 Å². The van der Waals surface area contributed by atoms with E-state index in [0.29, 0.717) is 12.3 Å². The fraction of sp³-hybridized carbons (Fsp3) is 0.227. The standard InChI is InChI=1S/C22H24N2O4S/c1-2-27-21(26)15-14-20(25)24-22(29)23-18-10-12-19(13-11-18)28-16-6-9-17-7-4-3-5-8-17/h3-5,7-8,10-15H,2,6,9,16H2,1H3,(H2,23,24,25,29)/b15-14+. The molecule has 0 heterocycles. The summed E-state index contributed by atoms with van der Waals surface area (Å²) in [4.78, 5) is 22.9. The average Bonchev–Trinajstić information content (AvgIpc) is 2.72. The molecule has 0 saturated heterocycles. The molecule has 0 aliphatic carbocycles. The van der Waals surface area contributed by atoms with Crippen molar-refractivity contribution in [2.75, 3.05) is 18.5 Å². The van der Waals surface area contributed by atoms with Crippen LogP contribution in [0, 0.1) is 0 Å². The fourth-order valence-corrected chi connectivity index (χ4v) is 2.61. The van der Waals surface area contributed by atoms with Crippen molar-refractivity contribution in [3.63, 3.8) is 0 Å². The fourth-order valence-electron chi connectivity index (χ4n) is 2.40. The van der Waals surface area contributed by atoms with Crippen molar-refractivity contribution in [3.8, 4) is 5.75 Å². The molecule has 2 rings (SSSR count). The minimum absolute atomic E-state index is 0.125. The van der Waals surface area contributed by atoms with Crippen LogP contribution in [0.1, 0.15) is 18.9 Å². The number of hydrogen-bond acceptors (Lipinski definition) is 5. The van der Waals surface area contributed by atoms with Crippen LogP contribution in [0.5, 0.6) is 5.75 Å². The average molecular weight is 413 g/mol. The number of benzene rings is 2.